The molecule has 1 aromatic carbocycles. The lowest BCUT2D eigenvalue weighted by molar-refractivity contribution is 0.583. The minimum atomic E-state index is -0.185. The average Bonchev–Trinajstić information content (AvgIpc) is 2.27. The summed E-state index contributed by atoms with van der Waals surface area (Å²) in [5.41, 5.74) is 1.13. The van der Waals surface area contributed by atoms with Crippen molar-refractivity contribution < 1.29 is 4.39 Å². The second kappa shape index (κ2) is 6.36. The maximum Gasteiger partial charge on any atom is 0.123 e. The van der Waals surface area contributed by atoms with Crippen LogP contribution in [0, 0.1) is 5.82 Å². The fraction of sp³-hybridized carbons (Fsp3) is 0.385. The van der Waals surface area contributed by atoms with Crippen LogP contribution in [0.5, 0.6) is 0 Å². The van der Waals surface area contributed by atoms with Crippen molar-refractivity contribution in [2.24, 2.45) is 0 Å². The van der Waals surface area contributed by atoms with Crippen LogP contribution in [0.3, 0.4) is 0 Å². The van der Waals surface area contributed by atoms with E-state index in [1.54, 1.807) is 0 Å². The second-order valence-corrected chi connectivity index (χ2v) is 3.63. The first-order chi connectivity index (χ1) is 7.26. The summed E-state index contributed by atoms with van der Waals surface area (Å²) < 4.78 is 12.7. The third kappa shape index (κ3) is 4.26. The Hall–Kier alpha value is -1.15. The molecule has 0 saturated carbocycles. The zero-order valence-electron chi connectivity index (χ0n) is 9.17. The van der Waals surface area contributed by atoms with Crippen molar-refractivity contribution >= 4 is 0 Å². The number of hydrogen-bond donors (Lipinski definition) is 1. The maximum absolute atomic E-state index is 12.7. The molecule has 0 bridgehead atoms. The molecule has 0 heterocycles. The highest BCUT2D eigenvalue weighted by molar-refractivity contribution is 5.18. The number of hydrogen-bond acceptors (Lipinski definition) is 1. The van der Waals surface area contributed by atoms with Crippen molar-refractivity contribution in [3.63, 3.8) is 0 Å². The van der Waals surface area contributed by atoms with E-state index in [4.69, 9.17) is 0 Å². The first kappa shape index (κ1) is 11.9. The summed E-state index contributed by atoms with van der Waals surface area (Å²) >= 11 is 0. The lowest BCUT2D eigenvalue weighted by Crippen LogP contribution is -2.29. The van der Waals surface area contributed by atoms with Crippen molar-refractivity contribution in [3.8, 4) is 0 Å². The van der Waals surface area contributed by atoms with Crippen LogP contribution in [0.15, 0.2) is 36.9 Å². The van der Waals surface area contributed by atoms with Crippen molar-refractivity contribution in [2.45, 2.75) is 25.8 Å². The van der Waals surface area contributed by atoms with Gasteiger partial charge in [-0.15, -0.1) is 6.58 Å². The molecule has 82 valence electrons. The van der Waals surface area contributed by atoms with Gasteiger partial charge in [0.05, 0.1) is 0 Å². The van der Waals surface area contributed by atoms with Gasteiger partial charge in [0.2, 0.25) is 0 Å². The standard InChI is InChI=1S/C13H18FN/c1-3-9-15-13(4-2)10-11-5-7-12(14)8-6-11/h4-8,13,15H,2-3,9-10H2,1H3. The number of benzene rings is 1. The average molecular weight is 207 g/mol. The second-order valence-electron chi connectivity index (χ2n) is 3.63. The molecular weight excluding hydrogens is 189 g/mol. The van der Waals surface area contributed by atoms with Crippen LogP contribution >= 0.6 is 0 Å². The Labute approximate surface area is 91.0 Å². The van der Waals surface area contributed by atoms with Gasteiger partial charge in [0.1, 0.15) is 5.82 Å². The molecular formula is C13H18FN. The zero-order chi connectivity index (χ0) is 11.1. The van der Waals surface area contributed by atoms with Crippen molar-refractivity contribution in [1.82, 2.24) is 5.32 Å². The summed E-state index contributed by atoms with van der Waals surface area (Å²) in [6.45, 7) is 6.91. The molecule has 1 nitrogen and oxygen atoms in total. The quantitative estimate of drug-likeness (QED) is 0.707. The van der Waals surface area contributed by atoms with Crippen LogP contribution in [0.2, 0.25) is 0 Å². The van der Waals surface area contributed by atoms with Gasteiger partial charge in [-0.1, -0.05) is 25.1 Å². The highest BCUT2D eigenvalue weighted by atomic mass is 19.1. The molecule has 0 aromatic heterocycles. The maximum atomic E-state index is 12.7. The van der Waals surface area contributed by atoms with Crippen molar-refractivity contribution in [2.75, 3.05) is 6.54 Å². The van der Waals surface area contributed by atoms with E-state index < -0.39 is 0 Å². The smallest absolute Gasteiger partial charge is 0.123 e. The number of halogens is 1. The van der Waals surface area contributed by atoms with Crippen LogP contribution in [0.1, 0.15) is 18.9 Å². The van der Waals surface area contributed by atoms with Crippen LogP contribution in [0.25, 0.3) is 0 Å². The fourth-order valence-electron chi connectivity index (χ4n) is 1.44. The summed E-state index contributed by atoms with van der Waals surface area (Å²) in [5, 5.41) is 3.37. The molecule has 0 spiro atoms. The Kier molecular flexibility index (Phi) is 5.05. The molecule has 0 fully saturated rings. The van der Waals surface area contributed by atoms with Gasteiger partial charge < -0.3 is 5.32 Å². The van der Waals surface area contributed by atoms with Crippen molar-refractivity contribution in [3.05, 3.63) is 48.3 Å². The molecule has 0 aliphatic carbocycles. The van der Waals surface area contributed by atoms with E-state index in [2.05, 4.69) is 18.8 Å². The largest absolute Gasteiger partial charge is 0.310 e. The third-order valence-corrected chi connectivity index (χ3v) is 2.31. The SMILES string of the molecule is C=CC(Cc1ccc(F)cc1)NCCC. The Morgan fingerprint density at radius 2 is 2.07 bits per heavy atom. The molecule has 0 radical (unpaired) electrons. The summed E-state index contributed by atoms with van der Waals surface area (Å²) in [6, 6.07) is 6.90. The lowest BCUT2D eigenvalue weighted by Gasteiger charge is -2.13. The molecule has 1 N–H and O–H groups in total. The minimum absolute atomic E-state index is 0.185. The van der Waals surface area contributed by atoms with Gasteiger partial charge in [0.25, 0.3) is 0 Å². The van der Waals surface area contributed by atoms with Crippen LogP contribution in [-0.4, -0.2) is 12.6 Å². The van der Waals surface area contributed by atoms with E-state index >= 15 is 0 Å². The molecule has 2 heteroatoms. The molecule has 0 aliphatic heterocycles. The Morgan fingerprint density at radius 3 is 2.60 bits per heavy atom. The summed E-state index contributed by atoms with van der Waals surface area (Å²) in [7, 11) is 0. The van der Waals surface area contributed by atoms with Gasteiger partial charge in [0.15, 0.2) is 0 Å². The summed E-state index contributed by atoms with van der Waals surface area (Å²) in [6.07, 6.45) is 3.87. The molecule has 0 saturated heterocycles. The Balaban J connectivity index is 2.50. The summed E-state index contributed by atoms with van der Waals surface area (Å²) in [4.78, 5) is 0. The van der Waals surface area contributed by atoms with Gasteiger partial charge in [-0.2, -0.15) is 0 Å². The van der Waals surface area contributed by atoms with Gasteiger partial charge >= 0.3 is 0 Å². The van der Waals surface area contributed by atoms with E-state index in [-0.39, 0.29) is 11.9 Å². The topological polar surface area (TPSA) is 12.0 Å². The van der Waals surface area contributed by atoms with Crippen LogP contribution in [0.4, 0.5) is 4.39 Å². The Morgan fingerprint density at radius 1 is 1.40 bits per heavy atom. The predicted octanol–water partition coefficient (Wildman–Crippen LogP) is 2.92. The van der Waals surface area contributed by atoms with Crippen LogP contribution in [-0.2, 0) is 6.42 Å². The third-order valence-electron chi connectivity index (χ3n) is 2.31. The lowest BCUT2D eigenvalue weighted by atomic mass is 10.1. The first-order valence-electron chi connectivity index (χ1n) is 5.36. The van der Waals surface area contributed by atoms with E-state index in [1.807, 2.05) is 18.2 Å². The van der Waals surface area contributed by atoms with E-state index in [0.717, 1.165) is 24.9 Å². The fourth-order valence-corrected chi connectivity index (χ4v) is 1.44. The number of nitrogens with one attached hydrogen (secondary N) is 1. The van der Waals surface area contributed by atoms with Crippen LogP contribution < -0.4 is 5.32 Å². The predicted molar refractivity (Wildman–Crippen MR) is 62.4 cm³/mol. The van der Waals surface area contributed by atoms with E-state index in [1.165, 1.54) is 12.1 Å². The monoisotopic (exact) mass is 207 g/mol. The number of rotatable bonds is 6. The summed E-state index contributed by atoms with van der Waals surface area (Å²) in [5.74, 6) is -0.185. The molecule has 1 unspecified atom stereocenters. The normalized spacial score (nSPS) is 12.4. The van der Waals surface area contributed by atoms with E-state index in [0.29, 0.717) is 0 Å². The molecule has 1 rings (SSSR count). The highest BCUT2D eigenvalue weighted by Gasteiger charge is 2.03. The molecule has 1 atom stereocenters. The van der Waals surface area contributed by atoms with Gasteiger partial charge in [-0.25, -0.2) is 4.39 Å². The van der Waals surface area contributed by atoms with Gasteiger partial charge in [0, 0.05) is 6.04 Å². The Bertz CT molecular complexity index is 292. The molecule has 15 heavy (non-hydrogen) atoms. The molecule has 1 aromatic rings. The van der Waals surface area contributed by atoms with Gasteiger partial charge in [-0.3, -0.25) is 0 Å². The molecule has 0 amide bonds. The zero-order valence-corrected chi connectivity index (χ0v) is 9.17. The first-order valence-corrected chi connectivity index (χ1v) is 5.36. The van der Waals surface area contributed by atoms with Gasteiger partial charge in [-0.05, 0) is 37.1 Å². The molecule has 0 aliphatic rings. The highest BCUT2D eigenvalue weighted by Crippen LogP contribution is 2.06. The minimum Gasteiger partial charge on any atom is -0.310 e. The van der Waals surface area contributed by atoms with E-state index in [9.17, 15) is 4.39 Å². The van der Waals surface area contributed by atoms with Crippen molar-refractivity contribution in [1.29, 1.82) is 0 Å².